The summed E-state index contributed by atoms with van der Waals surface area (Å²) in [5, 5.41) is 9.73. The zero-order chi connectivity index (χ0) is 22.7. The van der Waals surface area contributed by atoms with Crippen molar-refractivity contribution in [3.05, 3.63) is 62.7 Å². The molecule has 0 aliphatic carbocycles. The molecule has 0 unspecified atom stereocenters. The lowest BCUT2D eigenvalue weighted by Gasteiger charge is -2.35. The van der Waals surface area contributed by atoms with E-state index in [1.165, 1.54) is 11.1 Å². The van der Waals surface area contributed by atoms with Crippen molar-refractivity contribution in [2.75, 3.05) is 46.4 Å². The topological polar surface area (TPSA) is 65.8 Å². The number of carbonyl (C=O) groups excluding carboxylic acids is 1. The molecule has 0 atom stereocenters. The van der Waals surface area contributed by atoms with E-state index >= 15 is 0 Å². The molecule has 168 valence electrons. The third-order valence-corrected chi connectivity index (χ3v) is 7.05. The van der Waals surface area contributed by atoms with Gasteiger partial charge in [0, 0.05) is 44.8 Å². The third kappa shape index (κ3) is 4.61. The summed E-state index contributed by atoms with van der Waals surface area (Å²) in [5.74, 6) is 0.265. The average Bonchev–Trinajstić information content (AvgIpc) is 3.19. The van der Waals surface area contributed by atoms with E-state index in [1.54, 1.807) is 13.2 Å². The maximum Gasteiger partial charge on any atom is 0.338 e. The van der Waals surface area contributed by atoms with Gasteiger partial charge in [-0.25, -0.2) is 4.79 Å². The zero-order valence-corrected chi connectivity index (χ0v) is 19.4. The Balaban J connectivity index is 1.26. The molecule has 6 nitrogen and oxygen atoms in total. The van der Waals surface area contributed by atoms with Crippen LogP contribution in [0.25, 0.3) is 0 Å². The van der Waals surface area contributed by atoms with Crippen molar-refractivity contribution in [1.82, 2.24) is 9.80 Å². The Morgan fingerprint density at radius 2 is 1.69 bits per heavy atom. The summed E-state index contributed by atoms with van der Waals surface area (Å²) in [5.41, 5.74) is 5.75. The smallest absolute Gasteiger partial charge is 0.338 e. The van der Waals surface area contributed by atoms with E-state index in [0.29, 0.717) is 22.9 Å². The van der Waals surface area contributed by atoms with Gasteiger partial charge in [-0.3, -0.25) is 0 Å². The molecular formula is C25H28ClN3O3. The molecule has 0 bridgehead atoms. The number of hydrogen-bond acceptors (Lipinski definition) is 6. The van der Waals surface area contributed by atoms with Crippen LogP contribution in [0.5, 0.6) is 5.75 Å². The molecule has 7 heteroatoms. The summed E-state index contributed by atoms with van der Waals surface area (Å²) < 4.78 is 10.5. The van der Waals surface area contributed by atoms with E-state index in [2.05, 4.69) is 28.9 Å². The molecule has 0 spiro atoms. The second-order valence-electron chi connectivity index (χ2n) is 8.37. The standard InChI is InChI=1S/C25H28ClN3O3/c1-17-18(5-6-21-22(17)16-32-25(21)30)7-9-28-11-13-29(14-12-28)10-8-19-3-4-20(15-27)24(31-2)23(19)26/h3-6H,7-14,16H2,1-2H3. The van der Waals surface area contributed by atoms with Gasteiger partial charge in [0.05, 0.1) is 23.3 Å². The molecule has 1 saturated heterocycles. The molecule has 0 aromatic heterocycles. The molecule has 4 rings (SSSR count). The first-order valence-corrected chi connectivity index (χ1v) is 11.4. The molecular weight excluding hydrogens is 426 g/mol. The third-order valence-electron chi connectivity index (χ3n) is 6.64. The van der Waals surface area contributed by atoms with Gasteiger partial charge in [0.1, 0.15) is 12.7 Å². The second-order valence-corrected chi connectivity index (χ2v) is 8.74. The predicted molar refractivity (Wildman–Crippen MR) is 123 cm³/mol. The van der Waals surface area contributed by atoms with Crippen LogP contribution < -0.4 is 4.74 Å². The highest BCUT2D eigenvalue weighted by atomic mass is 35.5. The number of carbonyl (C=O) groups is 1. The van der Waals surface area contributed by atoms with Gasteiger partial charge >= 0.3 is 5.97 Å². The molecule has 2 aromatic rings. The van der Waals surface area contributed by atoms with Crippen molar-refractivity contribution in [3.8, 4) is 11.8 Å². The van der Waals surface area contributed by atoms with Gasteiger partial charge in [0.15, 0.2) is 5.75 Å². The monoisotopic (exact) mass is 453 g/mol. The Bertz CT molecular complexity index is 1060. The lowest BCUT2D eigenvalue weighted by Crippen LogP contribution is -2.47. The Labute approximate surface area is 194 Å². The van der Waals surface area contributed by atoms with Crippen LogP contribution in [0.3, 0.4) is 0 Å². The van der Waals surface area contributed by atoms with Crippen molar-refractivity contribution < 1.29 is 14.3 Å². The number of nitrogens with zero attached hydrogens (tertiary/aromatic N) is 3. The zero-order valence-electron chi connectivity index (χ0n) is 18.6. The van der Waals surface area contributed by atoms with Crippen LogP contribution in [0.4, 0.5) is 0 Å². The van der Waals surface area contributed by atoms with Gasteiger partial charge in [0.2, 0.25) is 0 Å². The number of benzene rings is 2. The van der Waals surface area contributed by atoms with E-state index in [4.69, 9.17) is 21.1 Å². The Kier molecular flexibility index (Phi) is 7.00. The van der Waals surface area contributed by atoms with E-state index in [-0.39, 0.29) is 5.97 Å². The number of halogens is 1. The van der Waals surface area contributed by atoms with Crippen molar-refractivity contribution in [2.45, 2.75) is 26.4 Å². The van der Waals surface area contributed by atoms with Crippen molar-refractivity contribution in [3.63, 3.8) is 0 Å². The lowest BCUT2D eigenvalue weighted by molar-refractivity contribution is 0.0535. The Morgan fingerprint density at radius 3 is 2.31 bits per heavy atom. The highest BCUT2D eigenvalue weighted by molar-refractivity contribution is 6.33. The van der Waals surface area contributed by atoms with E-state index in [0.717, 1.165) is 68.8 Å². The van der Waals surface area contributed by atoms with Gasteiger partial charge in [-0.1, -0.05) is 23.7 Å². The van der Waals surface area contributed by atoms with Crippen LogP contribution in [-0.4, -0.2) is 62.1 Å². The Hall–Kier alpha value is -2.59. The number of methoxy groups -OCH3 is 1. The quantitative estimate of drug-likeness (QED) is 0.597. The molecule has 0 radical (unpaired) electrons. The molecule has 2 aliphatic rings. The Morgan fingerprint density at radius 1 is 1.06 bits per heavy atom. The molecule has 2 aromatic carbocycles. The van der Waals surface area contributed by atoms with Crippen molar-refractivity contribution >= 4 is 17.6 Å². The molecule has 0 N–H and O–H groups in total. The lowest BCUT2D eigenvalue weighted by atomic mass is 9.96. The van der Waals surface area contributed by atoms with Crippen LogP contribution >= 0.6 is 11.6 Å². The van der Waals surface area contributed by atoms with E-state index in [9.17, 15) is 10.1 Å². The fourth-order valence-electron chi connectivity index (χ4n) is 4.54. The second kappa shape index (κ2) is 9.91. The summed E-state index contributed by atoms with van der Waals surface area (Å²) in [7, 11) is 1.54. The number of hydrogen-bond donors (Lipinski definition) is 0. The summed E-state index contributed by atoms with van der Waals surface area (Å²) in [6.45, 7) is 8.57. The maximum atomic E-state index is 11.7. The van der Waals surface area contributed by atoms with Gasteiger partial charge in [-0.2, -0.15) is 5.26 Å². The number of nitriles is 1. The molecule has 0 amide bonds. The van der Waals surface area contributed by atoms with Crippen LogP contribution in [0.1, 0.15) is 38.2 Å². The first kappa shape index (κ1) is 22.6. The van der Waals surface area contributed by atoms with E-state index < -0.39 is 0 Å². The number of fused-ring (bicyclic) bond motifs is 1. The van der Waals surface area contributed by atoms with Crippen molar-refractivity contribution in [1.29, 1.82) is 5.26 Å². The molecule has 2 heterocycles. The van der Waals surface area contributed by atoms with Gasteiger partial charge in [-0.15, -0.1) is 0 Å². The van der Waals surface area contributed by atoms with Crippen LogP contribution in [0.2, 0.25) is 5.02 Å². The number of cyclic esters (lactones) is 1. The fraction of sp³-hybridized carbons (Fsp3) is 0.440. The van der Waals surface area contributed by atoms with Gasteiger partial charge in [-0.05, 0) is 48.6 Å². The number of esters is 1. The molecule has 32 heavy (non-hydrogen) atoms. The first-order chi connectivity index (χ1) is 15.5. The minimum atomic E-state index is -0.202. The minimum absolute atomic E-state index is 0.202. The molecule has 2 aliphatic heterocycles. The summed E-state index contributed by atoms with van der Waals surface area (Å²) in [6, 6.07) is 9.81. The van der Waals surface area contributed by atoms with Crippen LogP contribution in [0.15, 0.2) is 24.3 Å². The maximum absolute atomic E-state index is 11.7. The normalized spacial score (nSPS) is 16.5. The molecule has 1 fully saturated rings. The minimum Gasteiger partial charge on any atom is -0.494 e. The molecule has 0 saturated carbocycles. The number of ether oxygens (including phenoxy) is 2. The van der Waals surface area contributed by atoms with E-state index in [1.807, 2.05) is 12.1 Å². The fourth-order valence-corrected chi connectivity index (χ4v) is 4.88. The highest BCUT2D eigenvalue weighted by Crippen LogP contribution is 2.32. The highest BCUT2D eigenvalue weighted by Gasteiger charge is 2.24. The summed E-state index contributed by atoms with van der Waals surface area (Å²) >= 11 is 6.46. The van der Waals surface area contributed by atoms with Gasteiger partial charge < -0.3 is 19.3 Å². The van der Waals surface area contributed by atoms with Crippen molar-refractivity contribution in [2.24, 2.45) is 0 Å². The summed E-state index contributed by atoms with van der Waals surface area (Å²) in [6.07, 6.45) is 1.81. The SMILES string of the molecule is COc1c(C#N)ccc(CCN2CCN(CCc3ccc4c(c3C)COC4=O)CC2)c1Cl. The average molecular weight is 454 g/mol. The predicted octanol–water partition coefficient (Wildman–Crippen LogP) is 3.60. The number of rotatable bonds is 7. The van der Waals surface area contributed by atoms with Crippen LogP contribution in [0, 0.1) is 18.3 Å². The number of piperazine rings is 1. The first-order valence-electron chi connectivity index (χ1n) is 11.0. The largest absolute Gasteiger partial charge is 0.494 e. The van der Waals surface area contributed by atoms with Crippen LogP contribution in [-0.2, 0) is 24.2 Å². The summed E-state index contributed by atoms with van der Waals surface area (Å²) in [4.78, 5) is 16.7. The van der Waals surface area contributed by atoms with Gasteiger partial charge in [0.25, 0.3) is 0 Å².